The van der Waals surface area contributed by atoms with E-state index in [-0.39, 0.29) is 0 Å². The topological polar surface area (TPSA) is 33.7 Å². The Labute approximate surface area is 128 Å². The van der Waals surface area contributed by atoms with E-state index in [0.29, 0.717) is 12.1 Å². The fraction of sp³-hybridized carbons (Fsp3) is 0.647. The van der Waals surface area contributed by atoms with Gasteiger partial charge in [0.1, 0.15) is 5.75 Å². The van der Waals surface area contributed by atoms with Crippen molar-refractivity contribution < 1.29 is 9.47 Å². The number of ether oxygens (including phenoxy) is 2. The van der Waals surface area contributed by atoms with Crippen molar-refractivity contribution >= 4 is 0 Å². The summed E-state index contributed by atoms with van der Waals surface area (Å²) in [4.78, 5) is 2.51. The van der Waals surface area contributed by atoms with Crippen molar-refractivity contribution in [1.29, 1.82) is 0 Å². The lowest BCUT2D eigenvalue weighted by atomic mass is 9.98. The monoisotopic (exact) mass is 292 g/mol. The zero-order chi connectivity index (χ0) is 15.1. The number of nitrogens with zero attached hydrogens (tertiary/aromatic N) is 1. The molecule has 0 radical (unpaired) electrons. The Balaban J connectivity index is 2.11. The highest BCUT2D eigenvalue weighted by molar-refractivity contribution is 5.30. The van der Waals surface area contributed by atoms with Crippen molar-refractivity contribution in [3.8, 4) is 5.75 Å². The molecule has 1 aromatic rings. The predicted octanol–water partition coefficient (Wildman–Crippen LogP) is 2.46. The van der Waals surface area contributed by atoms with Gasteiger partial charge < -0.3 is 14.8 Å². The smallest absolute Gasteiger partial charge is 0.118 e. The first-order valence-electron chi connectivity index (χ1n) is 7.95. The first kappa shape index (κ1) is 16.3. The van der Waals surface area contributed by atoms with Crippen molar-refractivity contribution in [3.63, 3.8) is 0 Å². The molecule has 2 atom stereocenters. The normalized spacial score (nSPS) is 19.2. The van der Waals surface area contributed by atoms with Crippen molar-refractivity contribution in [2.45, 2.75) is 32.4 Å². The van der Waals surface area contributed by atoms with Crippen molar-refractivity contribution in [2.24, 2.45) is 0 Å². The Morgan fingerprint density at radius 2 is 1.90 bits per heavy atom. The van der Waals surface area contributed by atoms with Gasteiger partial charge in [-0.3, -0.25) is 4.90 Å². The quantitative estimate of drug-likeness (QED) is 0.837. The van der Waals surface area contributed by atoms with Crippen LogP contribution in [0.25, 0.3) is 0 Å². The Kier molecular flexibility index (Phi) is 6.49. The Hall–Kier alpha value is -1.10. The molecule has 1 heterocycles. The minimum atomic E-state index is 0.342. The van der Waals surface area contributed by atoms with Gasteiger partial charge in [0.25, 0.3) is 0 Å². The van der Waals surface area contributed by atoms with Gasteiger partial charge >= 0.3 is 0 Å². The number of hydrogen-bond acceptors (Lipinski definition) is 4. The molecule has 2 unspecified atom stereocenters. The van der Waals surface area contributed by atoms with Gasteiger partial charge in [-0.15, -0.1) is 0 Å². The molecule has 21 heavy (non-hydrogen) atoms. The van der Waals surface area contributed by atoms with Crippen LogP contribution in [0.4, 0.5) is 0 Å². The van der Waals surface area contributed by atoms with Crippen LogP contribution in [0.2, 0.25) is 0 Å². The number of benzene rings is 1. The first-order chi connectivity index (χ1) is 10.3. The molecule has 0 aliphatic carbocycles. The molecule has 0 spiro atoms. The number of morpholine rings is 1. The van der Waals surface area contributed by atoms with Crippen molar-refractivity contribution in [3.05, 3.63) is 29.8 Å². The van der Waals surface area contributed by atoms with E-state index in [1.165, 1.54) is 5.56 Å². The molecule has 4 nitrogen and oxygen atoms in total. The van der Waals surface area contributed by atoms with Crippen LogP contribution in [-0.2, 0) is 4.74 Å². The van der Waals surface area contributed by atoms with E-state index in [0.717, 1.165) is 45.0 Å². The second-order valence-corrected chi connectivity index (χ2v) is 5.59. The van der Waals surface area contributed by atoms with E-state index in [1.54, 1.807) is 7.11 Å². The van der Waals surface area contributed by atoms with Crippen LogP contribution in [0, 0.1) is 0 Å². The summed E-state index contributed by atoms with van der Waals surface area (Å²) in [6.45, 7) is 9.26. The summed E-state index contributed by atoms with van der Waals surface area (Å²) < 4.78 is 10.7. The number of hydrogen-bond donors (Lipinski definition) is 1. The van der Waals surface area contributed by atoms with Crippen LogP contribution in [0.1, 0.15) is 31.9 Å². The number of methoxy groups -OCH3 is 1. The lowest BCUT2D eigenvalue weighted by molar-refractivity contribution is 0.0120. The predicted molar refractivity (Wildman–Crippen MR) is 85.9 cm³/mol. The largest absolute Gasteiger partial charge is 0.497 e. The van der Waals surface area contributed by atoms with E-state index in [4.69, 9.17) is 9.47 Å². The third-order valence-electron chi connectivity index (χ3n) is 4.19. The Morgan fingerprint density at radius 1 is 1.24 bits per heavy atom. The maximum absolute atomic E-state index is 5.47. The van der Waals surface area contributed by atoms with Gasteiger partial charge in [0.2, 0.25) is 0 Å². The highest BCUT2D eigenvalue weighted by Gasteiger charge is 2.25. The average Bonchev–Trinajstić information content (AvgIpc) is 2.56. The van der Waals surface area contributed by atoms with Crippen molar-refractivity contribution in [1.82, 2.24) is 10.2 Å². The number of nitrogens with one attached hydrogen (secondary N) is 1. The first-order valence-corrected chi connectivity index (χ1v) is 7.95. The SMILES string of the molecule is CCCNC(c1ccc(OC)cc1)C(C)N1CCOCC1. The van der Waals surface area contributed by atoms with Gasteiger partial charge in [-0.25, -0.2) is 0 Å². The standard InChI is InChI=1S/C17H28N2O2/c1-4-9-18-17(14(2)19-10-12-21-13-11-19)15-5-7-16(20-3)8-6-15/h5-8,14,17-18H,4,9-13H2,1-3H3. The van der Waals surface area contributed by atoms with Gasteiger partial charge in [0.15, 0.2) is 0 Å². The van der Waals surface area contributed by atoms with Gasteiger partial charge in [-0.2, -0.15) is 0 Å². The average molecular weight is 292 g/mol. The highest BCUT2D eigenvalue weighted by atomic mass is 16.5. The minimum Gasteiger partial charge on any atom is -0.497 e. The third kappa shape index (κ3) is 4.43. The molecule has 4 heteroatoms. The number of rotatable bonds is 7. The Bertz CT molecular complexity index is 402. The molecule has 0 saturated carbocycles. The molecule has 0 bridgehead atoms. The molecule has 1 aliphatic heterocycles. The summed E-state index contributed by atoms with van der Waals surface area (Å²) in [6.07, 6.45) is 1.14. The molecule has 1 aliphatic rings. The molecule has 0 aromatic heterocycles. The molecule has 118 valence electrons. The van der Waals surface area contributed by atoms with Crippen LogP contribution in [0.5, 0.6) is 5.75 Å². The zero-order valence-electron chi connectivity index (χ0n) is 13.5. The minimum absolute atomic E-state index is 0.342. The summed E-state index contributed by atoms with van der Waals surface area (Å²) >= 11 is 0. The van der Waals surface area contributed by atoms with Crippen LogP contribution < -0.4 is 10.1 Å². The fourth-order valence-corrected chi connectivity index (χ4v) is 2.87. The summed E-state index contributed by atoms with van der Waals surface area (Å²) in [6, 6.07) is 9.22. The zero-order valence-corrected chi connectivity index (χ0v) is 13.5. The van der Waals surface area contributed by atoms with Crippen LogP contribution in [-0.4, -0.2) is 50.9 Å². The lowest BCUT2D eigenvalue weighted by Crippen LogP contribution is -2.48. The fourth-order valence-electron chi connectivity index (χ4n) is 2.87. The van der Waals surface area contributed by atoms with Gasteiger partial charge in [-0.05, 0) is 37.6 Å². The maximum Gasteiger partial charge on any atom is 0.118 e. The molecule has 1 N–H and O–H groups in total. The van der Waals surface area contributed by atoms with E-state index >= 15 is 0 Å². The lowest BCUT2D eigenvalue weighted by Gasteiger charge is -2.37. The molecule has 1 fully saturated rings. The molecule has 0 amide bonds. The van der Waals surface area contributed by atoms with Crippen LogP contribution in [0.3, 0.4) is 0 Å². The summed E-state index contributed by atoms with van der Waals surface area (Å²) in [5.74, 6) is 0.909. The second kappa shape index (κ2) is 8.37. The van der Waals surface area contributed by atoms with E-state index in [2.05, 4.69) is 36.2 Å². The van der Waals surface area contributed by atoms with E-state index in [9.17, 15) is 0 Å². The molecule has 1 aromatic carbocycles. The third-order valence-corrected chi connectivity index (χ3v) is 4.19. The van der Waals surface area contributed by atoms with Crippen LogP contribution in [0.15, 0.2) is 24.3 Å². The summed E-state index contributed by atoms with van der Waals surface area (Å²) in [7, 11) is 1.71. The van der Waals surface area contributed by atoms with Gasteiger partial charge in [0, 0.05) is 25.2 Å². The maximum atomic E-state index is 5.47. The molecule has 2 rings (SSSR count). The van der Waals surface area contributed by atoms with Gasteiger partial charge in [-0.1, -0.05) is 19.1 Å². The molecule has 1 saturated heterocycles. The van der Waals surface area contributed by atoms with Crippen LogP contribution >= 0.6 is 0 Å². The van der Waals surface area contributed by atoms with Crippen molar-refractivity contribution in [2.75, 3.05) is 40.0 Å². The van der Waals surface area contributed by atoms with E-state index < -0.39 is 0 Å². The molecular weight excluding hydrogens is 264 g/mol. The summed E-state index contributed by atoms with van der Waals surface area (Å²) in [5, 5.41) is 3.70. The Morgan fingerprint density at radius 3 is 2.48 bits per heavy atom. The second-order valence-electron chi connectivity index (χ2n) is 5.59. The molecular formula is C17H28N2O2. The van der Waals surface area contributed by atoms with E-state index in [1.807, 2.05) is 12.1 Å². The highest BCUT2D eigenvalue weighted by Crippen LogP contribution is 2.24. The summed E-state index contributed by atoms with van der Waals surface area (Å²) in [5.41, 5.74) is 1.32. The van der Waals surface area contributed by atoms with Gasteiger partial charge in [0.05, 0.1) is 20.3 Å².